The van der Waals surface area contributed by atoms with E-state index in [-0.39, 0.29) is 5.91 Å². The average molecular weight is 416 g/mol. The Balaban J connectivity index is 1.55. The Morgan fingerprint density at radius 1 is 1.29 bits per heavy atom. The molecular weight excluding hydrogens is 397 g/mol. The van der Waals surface area contributed by atoms with Crippen molar-refractivity contribution in [1.82, 2.24) is 15.2 Å². The number of allylic oxidation sites excluding steroid dienone is 1. The van der Waals surface area contributed by atoms with Gasteiger partial charge in [-0.3, -0.25) is 9.78 Å². The van der Waals surface area contributed by atoms with Crippen LogP contribution in [0, 0.1) is 0 Å². The summed E-state index contributed by atoms with van der Waals surface area (Å²) in [7, 11) is 0. The van der Waals surface area contributed by atoms with Crippen LogP contribution in [0.4, 0.5) is 0 Å². The number of piperazine rings is 1. The van der Waals surface area contributed by atoms with Crippen molar-refractivity contribution in [2.75, 3.05) is 26.2 Å². The van der Waals surface area contributed by atoms with Gasteiger partial charge in [-0.05, 0) is 17.7 Å². The van der Waals surface area contributed by atoms with Gasteiger partial charge in [-0.15, -0.1) is 0 Å². The second kappa shape index (κ2) is 7.07. The number of nitrogens with zero attached hydrogens (tertiary/aromatic N) is 2. The van der Waals surface area contributed by atoms with Gasteiger partial charge in [-0.2, -0.15) is 0 Å². The number of hydrogen-bond donors (Lipinski definition) is 1. The molecule has 0 radical (unpaired) electrons. The number of nitrogens with one attached hydrogen (secondary N) is 1. The number of halogens is 2. The van der Waals surface area contributed by atoms with Crippen molar-refractivity contribution >= 4 is 35.2 Å². The van der Waals surface area contributed by atoms with Crippen molar-refractivity contribution in [2.45, 2.75) is 18.9 Å². The molecule has 3 heterocycles. The molecule has 1 aromatic carbocycles. The zero-order valence-corrected chi connectivity index (χ0v) is 16.7. The van der Waals surface area contributed by atoms with Gasteiger partial charge >= 0.3 is 0 Å². The van der Waals surface area contributed by atoms with Crippen LogP contribution in [-0.2, 0) is 17.6 Å². The second-order valence-electron chi connectivity index (χ2n) is 7.25. The van der Waals surface area contributed by atoms with Crippen molar-refractivity contribution in [3.8, 4) is 16.9 Å². The van der Waals surface area contributed by atoms with Gasteiger partial charge in [0.2, 0.25) is 0 Å². The van der Waals surface area contributed by atoms with Crippen molar-refractivity contribution in [3.63, 3.8) is 0 Å². The first-order valence-electron chi connectivity index (χ1n) is 9.45. The van der Waals surface area contributed by atoms with Crippen molar-refractivity contribution in [2.24, 2.45) is 0 Å². The summed E-state index contributed by atoms with van der Waals surface area (Å²) in [6, 6.07) is 3.76. The maximum absolute atomic E-state index is 13.0. The molecule has 2 aliphatic heterocycles. The van der Waals surface area contributed by atoms with E-state index >= 15 is 0 Å². The van der Waals surface area contributed by atoms with E-state index in [1.165, 1.54) is 0 Å². The van der Waals surface area contributed by atoms with E-state index < -0.39 is 6.10 Å². The molecule has 1 amide bonds. The lowest BCUT2D eigenvalue weighted by atomic mass is 9.96. The van der Waals surface area contributed by atoms with Crippen LogP contribution >= 0.6 is 23.2 Å². The first-order chi connectivity index (χ1) is 13.6. The standard InChI is InChI=1S/C21H19Cl2N3O2/c22-15-10-12-11-17(21(27)26-8-6-24-7-9-26)28-20(12)18(19(15)23)14-4-5-25-16-3-1-2-13(14)16/h1-2,4-5,10,17,24H,3,6-9,11H2. The molecule has 1 fully saturated rings. The van der Waals surface area contributed by atoms with Gasteiger partial charge in [-0.25, -0.2) is 0 Å². The van der Waals surface area contributed by atoms with Crippen LogP contribution < -0.4 is 10.1 Å². The average Bonchev–Trinajstić information content (AvgIpc) is 3.36. The zero-order chi connectivity index (χ0) is 19.3. The predicted molar refractivity (Wildman–Crippen MR) is 110 cm³/mol. The fraction of sp³-hybridized carbons (Fsp3) is 0.333. The first-order valence-corrected chi connectivity index (χ1v) is 10.2. The minimum Gasteiger partial charge on any atom is -0.479 e. The number of aromatic nitrogens is 1. The fourth-order valence-electron chi connectivity index (χ4n) is 4.17. The number of amides is 1. The monoisotopic (exact) mass is 415 g/mol. The first kappa shape index (κ1) is 18.0. The van der Waals surface area contributed by atoms with E-state index in [1.807, 2.05) is 17.0 Å². The SMILES string of the molecule is O=C(C1Cc2cc(Cl)c(Cl)c(-c3ccnc4c3C=CC4)c2O1)N1CCNCC1. The highest BCUT2D eigenvalue weighted by Gasteiger charge is 2.36. The van der Waals surface area contributed by atoms with Crippen LogP contribution in [0.2, 0.25) is 10.0 Å². The molecule has 7 heteroatoms. The van der Waals surface area contributed by atoms with Gasteiger partial charge in [0.05, 0.1) is 15.7 Å². The lowest BCUT2D eigenvalue weighted by molar-refractivity contribution is -0.138. The van der Waals surface area contributed by atoms with Crippen LogP contribution in [0.3, 0.4) is 0 Å². The third-order valence-electron chi connectivity index (χ3n) is 5.56. The van der Waals surface area contributed by atoms with Gasteiger partial charge < -0.3 is 15.0 Å². The normalized spacial score (nSPS) is 20.1. The number of ether oxygens (including phenoxy) is 1. The maximum atomic E-state index is 13.0. The van der Waals surface area contributed by atoms with Gasteiger partial charge in [0.25, 0.3) is 5.91 Å². The van der Waals surface area contributed by atoms with Crippen LogP contribution in [-0.4, -0.2) is 48.1 Å². The zero-order valence-electron chi connectivity index (χ0n) is 15.2. The largest absolute Gasteiger partial charge is 0.479 e. The Bertz CT molecular complexity index is 1000. The minimum absolute atomic E-state index is 0.0238. The van der Waals surface area contributed by atoms with E-state index in [2.05, 4.69) is 22.5 Å². The molecule has 2 aromatic rings. The Labute approximate surface area is 173 Å². The molecule has 5 rings (SSSR count). The number of carbonyl (C=O) groups excluding carboxylic acids is 1. The highest BCUT2D eigenvalue weighted by Crippen LogP contribution is 2.48. The quantitative estimate of drug-likeness (QED) is 0.816. The molecule has 1 atom stereocenters. The molecular formula is C21H19Cl2N3O2. The molecule has 0 bridgehead atoms. The number of benzene rings is 1. The van der Waals surface area contributed by atoms with Crippen molar-refractivity contribution < 1.29 is 9.53 Å². The summed E-state index contributed by atoms with van der Waals surface area (Å²) < 4.78 is 6.20. The minimum atomic E-state index is -0.535. The molecule has 1 unspecified atom stereocenters. The van der Waals surface area contributed by atoms with Crippen LogP contribution in [0.1, 0.15) is 16.8 Å². The second-order valence-corrected chi connectivity index (χ2v) is 8.03. The van der Waals surface area contributed by atoms with Crippen molar-refractivity contribution in [1.29, 1.82) is 0 Å². The van der Waals surface area contributed by atoms with E-state index in [0.717, 1.165) is 47.5 Å². The third-order valence-corrected chi connectivity index (χ3v) is 6.34. The molecule has 0 spiro atoms. The summed E-state index contributed by atoms with van der Waals surface area (Å²) in [4.78, 5) is 19.3. The molecule has 3 aliphatic rings. The van der Waals surface area contributed by atoms with E-state index in [9.17, 15) is 4.79 Å². The maximum Gasteiger partial charge on any atom is 0.264 e. The number of hydrogen-bond acceptors (Lipinski definition) is 4. The number of carbonyl (C=O) groups is 1. The summed E-state index contributed by atoms with van der Waals surface area (Å²) in [5.74, 6) is 0.687. The summed E-state index contributed by atoms with van der Waals surface area (Å²) in [6.07, 6.45) is 6.69. The Morgan fingerprint density at radius 3 is 2.93 bits per heavy atom. The molecule has 1 saturated heterocycles. The topological polar surface area (TPSA) is 54.5 Å². The van der Waals surface area contributed by atoms with Crippen LogP contribution in [0.15, 0.2) is 24.4 Å². The number of fused-ring (bicyclic) bond motifs is 2. The third kappa shape index (κ3) is 2.89. The molecule has 28 heavy (non-hydrogen) atoms. The fourth-order valence-corrected chi connectivity index (χ4v) is 4.64. The summed E-state index contributed by atoms with van der Waals surface area (Å²) in [6.45, 7) is 3.02. The lowest BCUT2D eigenvalue weighted by Crippen LogP contribution is -2.50. The van der Waals surface area contributed by atoms with Gasteiger partial charge in [0.1, 0.15) is 5.75 Å². The van der Waals surface area contributed by atoms with E-state index in [4.69, 9.17) is 27.9 Å². The Kier molecular flexibility index (Phi) is 4.54. The van der Waals surface area contributed by atoms with Crippen molar-refractivity contribution in [3.05, 3.63) is 51.3 Å². The lowest BCUT2D eigenvalue weighted by Gasteiger charge is -2.29. The number of rotatable bonds is 2. The molecule has 1 aliphatic carbocycles. The smallest absolute Gasteiger partial charge is 0.264 e. The molecule has 5 nitrogen and oxygen atoms in total. The predicted octanol–water partition coefficient (Wildman–Crippen LogP) is 3.36. The van der Waals surface area contributed by atoms with E-state index in [0.29, 0.717) is 35.3 Å². The molecule has 0 saturated carbocycles. The van der Waals surface area contributed by atoms with Gasteiger partial charge in [0, 0.05) is 61.9 Å². The Morgan fingerprint density at radius 2 is 2.11 bits per heavy atom. The molecule has 144 valence electrons. The highest BCUT2D eigenvalue weighted by atomic mass is 35.5. The molecule has 1 N–H and O–H groups in total. The summed E-state index contributed by atoms with van der Waals surface area (Å²) in [5, 5.41) is 4.19. The molecule has 1 aromatic heterocycles. The highest BCUT2D eigenvalue weighted by molar-refractivity contribution is 6.44. The van der Waals surface area contributed by atoms with E-state index in [1.54, 1.807) is 6.20 Å². The number of pyridine rings is 1. The van der Waals surface area contributed by atoms with Crippen LogP contribution in [0.5, 0.6) is 5.75 Å². The summed E-state index contributed by atoms with van der Waals surface area (Å²) in [5.41, 5.74) is 4.66. The Hall–Kier alpha value is -2.08. The van der Waals surface area contributed by atoms with Crippen LogP contribution in [0.25, 0.3) is 17.2 Å². The van der Waals surface area contributed by atoms with Gasteiger partial charge in [0.15, 0.2) is 6.10 Å². The van der Waals surface area contributed by atoms with Gasteiger partial charge in [-0.1, -0.05) is 35.4 Å². The summed E-state index contributed by atoms with van der Waals surface area (Å²) >= 11 is 13.1.